The molecule has 2 aromatic rings. The van der Waals surface area contributed by atoms with Crippen LogP contribution < -0.4 is 0 Å². The molecule has 2 atom stereocenters. The Morgan fingerprint density at radius 1 is 1.20 bits per heavy atom. The monoisotopic (exact) mass is 359 g/mol. The van der Waals surface area contributed by atoms with Gasteiger partial charge in [-0.2, -0.15) is 0 Å². The lowest BCUT2D eigenvalue weighted by atomic mass is 9.91. The topological polar surface area (TPSA) is 38.8 Å². The van der Waals surface area contributed by atoms with Gasteiger partial charge in [-0.25, -0.2) is 0 Å². The standard InChI is InChI=1S/C20H25NO3S/c22-20(13-15-14-25-19-8-4-1-5-16(15)19)24-18-7-3-2-6-17(18)21-9-11-23-12-10-21/h1,4-5,8,14,17-18H,2-3,6-7,9-13H2. The van der Waals surface area contributed by atoms with Crippen LogP contribution in [0.5, 0.6) is 0 Å². The number of ether oxygens (including phenoxy) is 2. The minimum Gasteiger partial charge on any atom is -0.460 e. The molecule has 134 valence electrons. The number of rotatable bonds is 4. The quantitative estimate of drug-likeness (QED) is 0.782. The number of fused-ring (bicyclic) bond motifs is 1. The third-order valence-electron chi connectivity index (χ3n) is 5.36. The van der Waals surface area contributed by atoms with Crippen molar-refractivity contribution in [2.45, 2.75) is 44.2 Å². The number of hydrogen-bond donors (Lipinski definition) is 0. The molecular weight excluding hydrogens is 334 g/mol. The molecule has 4 nitrogen and oxygen atoms in total. The maximum atomic E-state index is 12.6. The number of morpholine rings is 1. The Hall–Kier alpha value is -1.43. The van der Waals surface area contributed by atoms with Gasteiger partial charge in [0, 0.05) is 23.8 Å². The van der Waals surface area contributed by atoms with Gasteiger partial charge in [-0.3, -0.25) is 9.69 Å². The smallest absolute Gasteiger partial charge is 0.310 e. The number of carbonyl (C=O) groups is 1. The van der Waals surface area contributed by atoms with Gasteiger partial charge in [-0.15, -0.1) is 11.3 Å². The third kappa shape index (κ3) is 3.89. The van der Waals surface area contributed by atoms with Gasteiger partial charge in [0.25, 0.3) is 0 Å². The first kappa shape index (κ1) is 17.0. The van der Waals surface area contributed by atoms with E-state index < -0.39 is 0 Å². The molecule has 0 spiro atoms. The summed E-state index contributed by atoms with van der Waals surface area (Å²) in [7, 11) is 0. The maximum absolute atomic E-state index is 12.6. The Kier molecular flexibility index (Phi) is 5.34. The van der Waals surface area contributed by atoms with Crippen LogP contribution >= 0.6 is 11.3 Å². The van der Waals surface area contributed by atoms with E-state index in [0.29, 0.717) is 12.5 Å². The van der Waals surface area contributed by atoms with Gasteiger partial charge in [-0.1, -0.05) is 24.6 Å². The summed E-state index contributed by atoms with van der Waals surface area (Å²) < 4.78 is 12.7. The van der Waals surface area contributed by atoms with E-state index in [-0.39, 0.29) is 12.1 Å². The lowest BCUT2D eigenvalue weighted by molar-refractivity contribution is -0.155. The van der Waals surface area contributed by atoms with E-state index in [4.69, 9.17) is 9.47 Å². The van der Waals surface area contributed by atoms with Gasteiger partial charge in [0.15, 0.2) is 0 Å². The van der Waals surface area contributed by atoms with Crippen LogP contribution in [0, 0.1) is 0 Å². The largest absolute Gasteiger partial charge is 0.460 e. The summed E-state index contributed by atoms with van der Waals surface area (Å²) in [5.74, 6) is -0.0892. The predicted octanol–water partition coefficient (Wildman–Crippen LogP) is 3.63. The van der Waals surface area contributed by atoms with Crippen LogP contribution in [0.4, 0.5) is 0 Å². The fraction of sp³-hybridized carbons (Fsp3) is 0.550. The fourth-order valence-corrected chi connectivity index (χ4v) is 5.04. The second-order valence-corrected chi connectivity index (χ2v) is 7.87. The van der Waals surface area contributed by atoms with Crippen molar-refractivity contribution in [3.8, 4) is 0 Å². The van der Waals surface area contributed by atoms with Crippen LogP contribution in [0.25, 0.3) is 10.1 Å². The van der Waals surface area contributed by atoms with Crippen molar-refractivity contribution in [3.63, 3.8) is 0 Å². The minimum absolute atomic E-state index is 0.0317. The summed E-state index contributed by atoms with van der Waals surface area (Å²) in [4.78, 5) is 15.0. The van der Waals surface area contributed by atoms with Crippen molar-refractivity contribution in [1.29, 1.82) is 0 Å². The molecule has 2 aliphatic rings. The third-order valence-corrected chi connectivity index (χ3v) is 6.37. The van der Waals surface area contributed by atoms with Crippen molar-refractivity contribution in [1.82, 2.24) is 4.90 Å². The first-order valence-electron chi connectivity index (χ1n) is 9.27. The fourth-order valence-electron chi connectivity index (χ4n) is 4.08. The lowest BCUT2D eigenvalue weighted by Crippen LogP contribution is -2.51. The average molecular weight is 359 g/mol. The Labute approximate surface area is 152 Å². The number of esters is 1. The number of hydrogen-bond acceptors (Lipinski definition) is 5. The Morgan fingerprint density at radius 3 is 2.88 bits per heavy atom. The molecule has 25 heavy (non-hydrogen) atoms. The van der Waals surface area contributed by atoms with E-state index in [0.717, 1.165) is 51.1 Å². The van der Waals surface area contributed by atoms with E-state index in [1.165, 1.54) is 16.5 Å². The van der Waals surface area contributed by atoms with Crippen LogP contribution in [-0.4, -0.2) is 49.3 Å². The molecule has 5 heteroatoms. The van der Waals surface area contributed by atoms with Gasteiger partial charge in [0.1, 0.15) is 6.10 Å². The predicted molar refractivity (Wildman–Crippen MR) is 100 cm³/mol. The van der Waals surface area contributed by atoms with Crippen molar-refractivity contribution in [2.24, 2.45) is 0 Å². The molecule has 2 heterocycles. The van der Waals surface area contributed by atoms with Crippen LogP contribution in [0.1, 0.15) is 31.2 Å². The molecule has 1 aromatic heterocycles. The molecule has 0 amide bonds. The molecule has 0 N–H and O–H groups in total. The molecule has 1 saturated heterocycles. The zero-order chi connectivity index (χ0) is 17.1. The number of nitrogens with zero attached hydrogens (tertiary/aromatic N) is 1. The van der Waals surface area contributed by atoms with Crippen LogP contribution in [0.2, 0.25) is 0 Å². The zero-order valence-electron chi connectivity index (χ0n) is 14.5. The van der Waals surface area contributed by atoms with E-state index in [1.54, 1.807) is 11.3 Å². The van der Waals surface area contributed by atoms with Crippen LogP contribution in [0.15, 0.2) is 29.6 Å². The molecule has 1 aliphatic heterocycles. The van der Waals surface area contributed by atoms with Gasteiger partial charge in [0.05, 0.1) is 19.6 Å². The summed E-state index contributed by atoms with van der Waals surface area (Å²) in [5, 5.41) is 3.27. The average Bonchev–Trinajstić information content (AvgIpc) is 3.06. The summed E-state index contributed by atoms with van der Waals surface area (Å²) in [5.41, 5.74) is 1.09. The zero-order valence-corrected chi connectivity index (χ0v) is 15.3. The molecule has 1 aliphatic carbocycles. The molecule has 2 unspecified atom stereocenters. The second kappa shape index (κ2) is 7.85. The molecule has 1 saturated carbocycles. The number of benzene rings is 1. The van der Waals surface area contributed by atoms with Crippen molar-refractivity contribution in [2.75, 3.05) is 26.3 Å². The van der Waals surface area contributed by atoms with Crippen LogP contribution in [0.3, 0.4) is 0 Å². The highest BCUT2D eigenvalue weighted by atomic mass is 32.1. The molecular formula is C20H25NO3S. The maximum Gasteiger partial charge on any atom is 0.310 e. The molecule has 4 rings (SSSR count). The highest BCUT2D eigenvalue weighted by Crippen LogP contribution is 2.29. The molecule has 0 radical (unpaired) electrons. The minimum atomic E-state index is -0.0892. The van der Waals surface area contributed by atoms with E-state index in [9.17, 15) is 4.79 Å². The van der Waals surface area contributed by atoms with Crippen molar-refractivity contribution >= 4 is 27.4 Å². The first-order valence-corrected chi connectivity index (χ1v) is 10.2. The Morgan fingerprint density at radius 2 is 2.00 bits per heavy atom. The van der Waals surface area contributed by atoms with Crippen molar-refractivity contribution < 1.29 is 14.3 Å². The Balaban J connectivity index is 1.41. The van der Waals surface area contributed by atoms with E-state index in [1.807, 2.05) is 12.1 Å². The number of thiophene rings is 1. The number of carbonyl (C=O) groups excluding carboxylic acids is 1. The second-order valence-electron chi connectivity index (χ2n) is 6.96. The SMILES string of the molecule is O=C(Cc1csc2ccccc12)OC1CCCCC1N1CCOCC1. The highest BCUT2D eigenvalue weighted by Gasteiger charge is 2.33. The first-order chi connectivity index (χ1) is 12.3. The lowest BCUT2D eigenvalue weighted by Gasteiger charge is -2.41. The summed E-state index contributed by atoms with van der Waals surface area (Å²) in [6.07, 6.45) is 4.89. The van der Waals surface area contributed by atoms with Crippen molar-refractivity contribution in [3.05, 3.63) is 35.2 Å². The van der Waals surface area contributed by atoms with Gasteiger partial charge >= 0.3 is 5.97 Å². The molecule has 1 aromatic carbocycles. The van der Waals surface area contributed by atoms with Gasteiger partial charge < -0.3 is 9.47 Å². The summed E-state index contributed by atoms with van der Waals surface area (Å²) in [6.45, 7) is 3.48. The van der Waals surface area contributed by atoms with E-state index >= 15 is 0 Å². The Bertz CT molecular complexity index is 723. The van der Waals surface area contributed by atoms with Gasteiger partial charge in [-0.05, 0) is 41.7 Å². The van der Waals surface area contributed by atoms with Gasteiger partial charge in [0.2, 0.25) is 0 Å². The molecule has 2 fully saturated rings. The normalized spacial score (nSPS) is 25.1. The summed E-state index contributed by atoms with van der Waals surface area (Å²) >= 11 is 1.70. The van der Waals surface area contributed by atoms with Crippen LogP contribution in [-0.2, 0) is 20.7 Å². The summed E-state index contributed by atoms with van der Waals surface area (Å²) in [6, 6.07) is 8.62. The highest BCUT2D eigenvalue weighted by molar-refractivity contribution is 7.17. The van der Waals surface area contributed by atoms with E-state index in [2.05, 4.69) is 22.4 Å². The molecule has 0 bridgehead atoms.